The molecular weight excluding hydrogens is 344 g/mol. The van der Waals surface area contributed by atoms with Gasteiger partial charge in [-0.15, -0.1) is 0 Å². The van der Waals surface area contributed by atoms with Crippen molar-refractivity contribution in [1.29, 1.82) is 0 Å². The molecule has 0 saturated carbocycles. The maximum absolute atomic E-state index is 13.0. The number of hydrogen-bond acceptors (Lipinski definition) is 2. The third kappa shape index (κ3) is 3.69. The Morgan fingerprint density at radius 2 is 1.73 bits per heavy atom. The number of rotatable bonds is 6. The Morgan fingerprint density at radius 3 is 2.38 bits per heavy atom. The predicted octanol–water partition coefficient (Wildman–Crippen LogP) is 4.39. The lowest BCUT2D eigenvalue weighted by Gasteiger charge is -2.19. The summed E-state index contributed by atoms with van der Waals surface area (Å²) in [6.07, 6.45) is 3.36. The van der Waals surface area contributed by atoms with Crippen molar-refractivity contribution < 1.29 is 8.42 Å². The number of H-pyrrole nitrogens is 1. The topological polar surface area (TPSA) is 62.0 Å². The molecule has 1 aromatic heterocycles. The van der Waals surface area contributed by atoms with Crippen LogP contribution in [0.25, 0.3) is 10.9 Å². The second kappa shape index (κ2) is 7.25. The van der Waals surface area contributed by atoms with Gasteiger partial charge >= 0.3 is 0 Å². The molecule has 1 unspecified atom stereocenters. The monoisotopic (exact) mass is 370 g/mol. The number of aryl methyl sites for hydroxylation is 3. The van der Waals surface area contributed by atoms with Crippen LogP contribution in [0.5, 0.6) is 0 Å². The van der Waals surface area contributed by atoms with E-state index in [1.807, 2.05) is 64.2 Å². The van der Waals surface area contributed by atoms with Crippen LogP contribution < -0.4 is 4.72 Å². The fourth-order valence-corrected chi connectivity index (χ4v) is 5.48. The van der Waals surface area contributed by atoms with Crippen molar-refractivity contribution in [3.63, 3.8) is 0 Å². The van der Waals surface area contributed by atoms with Gasteiger partial charge in [0, 0.05) is 23.1 Å². The average molecular weight is 371 g/mol. The second-order valence-corrected chi connectivity index (χ2v) is 8.67. The van der Waals surface area contributed by atoms with Gasteiger partial charge in [-0.25, -0.2) is 13.1 Å². The Hall–Kier alpha value is -2.11. The smallest absolute Gasteiger partial charge is 0.241 e. The van der Waals surface area contributed by atoms with Gasteiger partial charge in [0.2, 0.25) is 10.0 Å². The van der Waals surface area contributed by atoms with Gasteiger partial charge in [0.1, 0.15) is 0 Å². The molecule has 0 aliphatic rings. The van der Waals surface area contributed by atoms with Crippen molar-refractivity contribution in [3.8, 4) is 0 Å². The zero-order chi connectivity index (χ0) is 18.9. The van der Waals surface area contributed by atoms with Crippen molar-refractivity contribution in [2.75, 3.05) is 0 Å². The fraction of sp³-hybridized carbons (Fsp3) is 0.333. The number of sulfonamides is 1. The quantitative estimate of drug-likeness (QED) is 0.676. The van der Waals surface area contributed by atoms with Gasteiger partial charge in [-0.2, -0.15) is 0 Å². The molecule has 3 rings (SSSR count). The molecule has 3 aromatic rings. The van der Waals surface area contributed by atoms with Gasteiger partial charge in [0.15, 0.2) is 0 Å². The fourth-order valence-electron chi connectivity index (χ4n) is 3.70. The minimum absolute atomic E-state index is 0.153. The summed E-state index contributed by atoms with van der Waals surface area (Å²) in [5, 5.41) is 1.15. The number of aromatic nitrogens is 1. The molecule has 1 heterocycles. The first-order valence-electron chi connectivity index (χ1n) is 8.97. The van der Waals surface area contributed by atoms with Gasteiger partial charge in [-0.1, -0.05) is 42.8 Å². The minimum atomic E-state index is -3.57. The van der Waals surface area contributed by atoms with Gasteiger partial charge in [0.05, 0.1) is 4.90 Å². The van der Waals surface area contributed by atoms with Crippen molar-refractivity contribution in [2.24, 2.45) is 0 Å². The second-order valence-electron chi connectivity index (χ2n) is 7.02. The van der Waals surface area contributed by atoms with Crippen molar-refractivity contribution in [1.82, 2.24) is 9.71 Å². The van der Waals surface area contributed by atoms with E-state index in [-0.39, 0.29) is 6.04 Å². The highest BCUT2D eigenvalue weighted by Crippen LogP contribution is 2.24. The van der Waals surface area contributed by atoms with E-state index in [9.17, 15) is 8.42 Å². The first-order chi connectivity index (χ1) is 12.3. The van der Waals surface area contributed by atoms with E-state index in [1.165, 1.54) is 0 Å². The third-order valence-electron chi connectivity index (χ3n) is 4.83. The molecular formula is C21H26N2O2S. The van der Waals surface area contributed by atoms with E-state index in [0.717, 1.165) is 39.6 Å². The van der Waals surface area contributed by atoms with Crippen LogP contribution in [0, 0.1) is 20.8 Å². The van der Waals surface area contributed by atoms with Crippen LogP contribution in [0.3, 0.4) is 0 Å². The molecule has 5 heteroatoms. The summed E-state index contributed by atoms with van der Waals surface area (Å²) in [6.45, 7) is 7.71. The van der Waals surface area contributed by atoms with Crippen LogP contribution in [0.2, 0.25) is 0 Å². The highest BCUT2D eigenvalue weighted by molar-refractivity contribution is 7.89. The molecule has 26 heavy (non-hydrogen) atoms. The van der Waals surface area contributed by atoms with E-state index in [4.69, 9.17) is 0 Å². The number of nitrogens with one attached hydrogen (secondary N) is 2. The molecule has 2 N–H and O–H groups in total. The molecule has 0 saturated heterocycles. The van der Waals surface area contributed by atoms with Gasteiger partial charge < -0.3 is 4.98 Å². The van der Waals surface area contributed by atoms with Crippen molar-refractivity contribution >= 4 is 20.9 Å². The molecule has 4 nitrogen and oxygen atoms in total. The molecule has 0 amide bonds. The van der Waals surface area contributed by atoms with Crippen LogP contribution in [-0.4, -0.2) is 19.4 Å². The Balaban J connectivity index is 1.88. The number of aromatic amines is 1. The molecule has 0 aliphatic carbocycles. The molecule has 0 aliphatic heterocycles. The number of hydrogen-bond donors (Lipinski definition) is 2. The normalized spacial score (nSPS) is 13.2. The van der Waals surface area contributed by atoms with Gasteiger partial charge in [-0.3, -0.25) is 0 Å². The first-order valence-corrected chi connectivity index (χ1v) is 10.4. The Morgan fingerprint density at radius 1 is 1.08 bits per heavy atom. The van der Waals surface area contributed by atoms with Gasteiger partial charge in [0.25, 0.3) is 0 Å². The van der Waals surface area contributed by atoms with Crippen LogP contribution in [-0.2, 0) is 16.4 Å². The maximum atomic E-state index is 13.0. The lowest BCUT2D eigenvalue weighted by molar-refractivity contribution is 0.536. The molecule has 1 atom stereocenters. The van der Waals surface area contributed by atoms with E-state index < -0.39 is 10.0 Å². The summed E-state index contributed by atoms with van der Waals surface area (Å²) in [4.78, 5) is 3.66. The van der Waals surface area contributed by atoms with Crippen LogP contribution >= 0.6 is 0 Å². The van der Waals surface area contributed by atoms with E-state index in [2.05, 4.69) is 15.8 Å². The zero-order valence-electron chi connectivity index (χ0n) is 15.8. The summed E-state index contributed by atoms with van der Waals surface area (Å²) < 4.78 is 29.0. The number of fused-ring (bicyclic) bond motifs is 1. The number of para-hydroxylation sites is 1. The molecule has 0 radical (unpaired) electrons. The van der Waals surface area contributed by atoms with Crippen LogP contribution in [0.4, 0.5) is 0 Å². The lowest BCUT2D eigenvalue weighted by Crippen LogP contribution is -2.36. The minimum Gasteiger partial charge on any atom is -0.361 e. The predicted molar refractivity (Wildman–Crippen MR) is 107 cm³/mol. The Labute approximate surface area is 155 Å². The Bertz CT molecular complexity index is 1010. The van der Waals surface area contributed by atoms with E-state index in [0.29, 0.717) is 11.3 Å². The van der Waals surface area contributed by atoms with Crippen molar-refractivity contribution in [3.05, 3.63) is 64.8 Å². The van der Waals surface area contributed by atoms with Gasteiger partial charge in [-0.05, 0) is 56.4 Å². The largest absolute Gasteiger partial charge is 0.361 e. The first kappa shape index (κ1) is 18.7. The number of benzene rings is 2. The van der Waals surface area contributed by atoms with Crippen molar-refractivity contribution in [2.45, 2.75) is 51.5 Å². The SMILES string of the molecule is CCC(Cc1c[nH]c2ccccc12)NS(=O)(=O)c1c(C)cc(C)cc1C. The summed E-state index contributed by atoms with van der Waals surface area (Å²) >= 11 is 0. The third-order valence-corrected chi connectivity index (χ3v) is 6.65. The van der Waals surface area contributed by atoms with Crippen LogP contribution in [0.1, 0.15) is 35.6 Å². The highest BCUT2D eigenvalue weighted by Gasteiger charge is 2.23. The highest BCUT2D eigenvalue weighted by atomic mass is 32.2. The molecule has 0 bridgehead atoms. The van der Waals surface area contributed by atoms with Crippen LogP contribution in [0.15, 0.2) is 47.5 Å². The lowest BCUT2D eigenvalue weighted by atomic mass is 10.0. The molecule has 2 aromatic carbocycles. The Kier molecular flexibility index (Phi) is 5.21. The van der Waals surface area contributed by atoms with E-state index >= 15 is 0 Å². The summed E-state index contributed by atoms with van der Waals surface area (Å²) in [5.74, 6) is 0. The molecule has 0 fully saturated rings. The summed E-state index contributed by atoms with van der Waals surface area (Å²) in [7, 11) is -3.57. The maximum Gasteiger partial charge on any atom is 0.241 e. The average Bonchev–Trinajstić information content (AvgIpc) is 2.96. The molecule has 138 valence electrons. The summed E-state index contributed by atoms with van der Waals surface area (Å²) in [6, 6.07) is 11.8. The zero-order valence-corrected chi connectivity index (χ0v) is 16.6. The summed E-state index contributed by atoms with van der Waals surface area (Å²) in [5.41, 5.74) is 4.86. The standard InChI is InChI=1S/C21H26N2O2S/c1-5-18(12-17-13-22-20-9-7-6-8-19(17)20)23-26(24,25)21-15(3)10-14(2)11-16(21)4/h6-11,13,18,22-23H,5,12H2,1-4H3. The van der Waals surface area contributed by atoms with E-state index in [1.54, 1.807) is 0 Å². The molecule has 0 spiro atoms.